The van der Waals surface area contributed by atoms with Gasteiger partial charge >= 0.3 is 0 Å². The van der Waals surface area contributed by atoms with Gasteiger partial charge in [0.1, 0.15) is 11.6 Å². The van der Waals surface area contributed by atoms with Crippen molar-refractivity contribution in [2.75, 3.05) is 6.54 Å². The van der Waals surface area contributed by atoms with Crippen LogP contribution >= 0.6 is 0 Å². The zero-order chi connectivity index (χ0) is 13.1. The summed E-state index contributed by atoms with van der Waals surface area (Å²) in [6.45, 7) is 4.61. The fraction of sp³-hybridized carbons (Fsp3) is 0.286. The maximum Gasteiger partial charge on any atom is 0.120 e. The Hall–Kier alpha value is -2.14. The average molecular weight is 255 g/mol. The molecule has 0 saturated carbocycles. The van der Waals surface area contributed by atoms with Gasteiger partial charge in [0.25, 0.3) is 0 Å². The van der Waals surface area contributed by atoms with Crippen LogP contribution in [-0.2, 0) is 13.1 Å². The number of aromatic amines is 1. The average Bonchev–Trinajstić information content (AvgIpc) is 3.02. The van der Waals surface area contributed by atoms with Crippen LogP contribution in [0, 0.1) is 6.92 Å². The second kappa shape index (κ2) is 5.24. The van der Waals surface area contributed by atoms with Crippen LogP contribution in [0.1, 0.15) is 11.6 Å². The van der Waals surface area contributed by atoms with Crippen LogP contribution in [0.15, 0.2) is 36.7 Å². The first-order chi connectivity index (χ1) is 9.34. The molecule has 1 aromatic carbocycles. The van der Waals surface area contributed by atoms with E-state index in [1.165, 1.54) is 5.52 Å². The minimum absolute atomic E-state index is 0.763. The molecule has 98 valence electrons. The van der Waals surface area contributed by atoms with Gasteiger partial charge in [0.2, 0.25) is 0 Å². The molecule has 2 aromatic heterocycles. The molecule has 0 spiro atoms. The third-order valence-electron chi connectivity index (χ3n) is 3.20. The van der Waals surface area contributed by atoms with Gasteiger partial charge in [-0.05, 0) is 19.1 Å². The molecule has 2 N–H and O–H groups in total. The molecule has 0 aliphatic rings. The lowest BCUT2D eigenvalue weighted by Crippen LogP contribution is -2.20. The minimum atomic E-state index is 0.763. The second-order valence-electron chi connectivity index (χ2n) is 4.51. The fourth-order valence-corrected chi connectivity index (χ4v) is 2.27. The third-order valence-corrected chi connectivity index (χ3v) is 3.20. The Morgan fingerprint density at radius 2 is 2.21 bits per heavy atom. The van der Waals surface area contributed by atoms with Crippen molar-refractivity contribution in [2.24, 2.45) is 0 Å². The predicted molar refractivity (Wildman–Crippen MR) is 74.8 cm³/mol. The van der Waals surface area contributed by atoms with Gasteiger partial charge in [0, 0.05) is 25.5 Å². The topological polar surface area (TPSA) is 58.5 Å². The van der Waals surface area contributed by atoms with E-state index in [1.807, 2.05) is 19.2 Å². The van der Waals surface area contributed by atoms with Crippen LogP contribution in [0.5, 0.6) is 0 Å². The maximum atomic E-state index is 4.56. The summed E-state index contributed by atoms with van der Waals surface area (Å²) >= 11 is 0. The molecule has 3 rings (SSSR count). The van der Waals surface area contributed by atoms with Gasteiger partial charge in [-0.2, -0.15) is 0 Å². The molecular formula is C14H17N5. The van der Waals surface area contributed by atoms with Crippen molar-refractivity contribution in [3.63, 3.8) is 0 Å². The number of benzene rings is 1. The summed E-state index contributed by atoms with van der Waals surface area (Å²) in [4.78, 5) is 11.8. The second-order valence-corrected chi connectivity index (χ2v) is 4.51. The molecule has 0 fully saturated rings. The van der Waals surface area contributed by atoms with Crippen LogP contribution in [0.3, 0.4) is 0 Å². The molecule has 0 atom stereocenters. The van der Waals surface area contributed by atoms with Crippen LogP contribution in [0.2, 0.25) is 0 Å². The highest BCUT2D eigenvalue weighted by Gasteiger charge is 2.05. The van der Waals surface area contributed by atoms with Gasteiger partial charge < -0.3 is 14.9 Å². The molecule has 5 nitrogen and oxygen atoms in total. The van der Waals surface area contributed by atoms with Crippen molar-refractivity contribution in [1.29, 1.82) is 0 Å². The zero-order valence-electron chi connectivity index (χ0n) is 10.9. The predicted octanol–water partition coefficient (Wildman–Crippen LogP) is 1.86. The highest BCUT2D eigenvalue weighted by molar-refractivity contribution is 5.75. The van der Waals surface area contributed by atoms with E-state index >= 15 is 0 Å². The van der Waals surface area contributed by atoms with E-state index in [0.717, 1.165) is 36.8 Å². The number of hydrogen-bond acceptors (Lipinski definition) is 3. The van der Waals surface area contributed by atoms with Gasteiger partial charge in [-0.1, -0.05) is 12.1 Å². The number of rotatable bonds is 5. The smallest absolute Gasteiger partial charge is 0.120 e. The molecule has 0 amide bonds. The fourth-order valence-electron chi connectivity index (χ4n) is 2.27. The molecule has 5 heteroatoms. The summed E-state index contributed by atoms with van der Waals surface area (Å²) in [5.74, 6) is 2.02. The van der Waals surface area contributed by atoms with E-state index in [-0.39, 0.29) is 0 Å². The molecule has 0 aliphatic carbocycles. The molecule has 0 aliphatic heterocycles. The van der Waals surface area contributed by atoms with Gasteiger partial charge in [-0.25, -0.2) is 9.97 Å². The Morgan fingerprint density at radius 3 is 3.05 bits per heavy atom. The van der Waals surface area contributed by atoms with Crippen LogP contribution < -0.4 is 5.32 Å². The zero-order valence-corrected chi connectivity index (χ0v) is 10.9. The van der Waals surface area contributed by atoms with Crippen molar-refractivity contribution < 1.29 is 0 Å². The van der Waals surface area contributed by atoms with Gasteiger partial charge in [0.15, 0.2) is 0 Å². The summed E-state index contributed by atoms with van der Waals surface area (Å²) in [7, 11) is 0. The van der Waals surface area contributed by atoms with E-state index < -0.39 is 0 Å². The number of imidazole rings is 2. The first-order valence-electron chi connectivity index (χ1n) is 6.45. The monoisotopic (exact) mass is 255 g/mol. The Kier molecular flexibility index (Phi) is 3.29. The summed E-state index contributed by atoms with van der Waals surface area (Å²) in [5.41, 5.74) is 2.26. The lowest BCUT2D eigenvalue weighted by Gasteiger charge is -2.07. The van der Waals surface area contributed by atoms with E-state index in [1.54, 1.807) is 6.20 Å². The lowest BCUT2D eigenvalue weighted by molar-refractivity contribution is 0.588. The Bertz CT molecular complexity index is 654. The van der Waals surface area contributed by atoms with Crippen molar-refractivity contribution in [2.45, 2.75) is 20.0 Å². The van der Waals surface area contributed by atoms with Crippen LogP contribution in [0.4, 0.5) is 0 Å². The molecule has 19 heavy (non-hydrogen) atoms. The standard InChI is InChI=1S/C14H17N5/c1-11-18-12-4-2-3-5-13(12)19(11)9-8-15-10-14-16-6-7-17-14/h2-7,15H,8-10H2,1H3,(H,16,17). The number of nitrogens with one attached hydrogen (secondary N) is 2. The van der Waals surface area contributed by atoms with Gasteiger partial charge in [-0.3, -0.25) is 0 Å². The summed E-state index contributed by atoms with van der Waals surface area (Å²) in [6, 6.07) is 8.24. The molecule has 0 bridgehead atoms. The largest absolute Gasteiger partial charge is 0.348 e. The number of hydrogen-bond donors (Lipinski definition) is 2. The number of fused-ring (bicyclic) bond motifs is 1. The quantitative estimate of drug-likeness (QED) is 0.684. The van der Waals surface area contributed by atoms with E-state index in [2.05, 4.69) is 43.0 Å². The van der Waals surface area contributed by atoms with E-state index in [4.69, 9.17) is 0 Å². The number of nitrogens with zero attached hydrogens (tertiary/aromatic N) is 3. The Morgan fingerprint density at radius 1 is 1.32 bits per heavy atom. The van der Waals surface area contributed by atoms with Crippen molar-refractivity contribution >= 4 is 11.0 Å². The van der Waals surface area contributed by atoms with Crippen LogP contribution in [0.25, 0.3) is 11.0 Å². The normalized spacial score (nSPS) is 11.2. The van der Waals surface area contributed by atoms with Crippen molar-refractivity contribution in [3.05, 3.63) is 48.3 Å². The molecule has 3 aromatic rings. The van der Waals surface area contributed by atoms with E-state index in [0.29, 0.717) is 0 Å². The molecule has 0 radical (unpaired) electrons. The number of para-hydroxylation sites is 2. The highest BCUT2D eigenvalue weighted by Crippen LogP contribution is 2.14. The maximum absolute atomic E-state index is 4.56. The molecule has 2 heterocycles. The van der Waals surface area contributed by atoms with Crippen LogP contribution in [-0.4, -0.2) is 26.1 Å². The van der Waals surface area contributed by atoms with Gasteiger partial charge in [-0.15, -0.1) is 0 Å². The number of aromatic nitrogens is 4. The summed E-state index contributed by atoms with van der Waals surface area (Å²) < 4.78 is 2.24. The molecular weight excluding hydrogens is 238 g/mol. The van der Waals surface area contributed by atoms with Crippen molar-refractivity contribution in [1.82, 2.24) is 24.8 Å². The number of aryl methyl sites for hydroxylation is 1. The van der Waals surface area contributed by atoms with E-state index in [9.17, 15) is 0 Å². The SMILES string of the molecule is Cc1nc2ccccc2n1CCNCc1ncc[nH]1. The Balaban J connectivity index is 1.63. The number of H-pyrrole nitrogens is 1. The Labute approximate surface area is 111 Å². The summed E-state index contributed by atoms with van der Waals surface area (Å²) in [6.07, 6.45) is 3.61. The lowest BCUT2D eigenvalue weighted by atomic mass is 10.3. The van der Waals surface area contributed by atoms with Gasteiger partial charge in [0.05, 0.1) is 17.6 Å². The molecule has 0 unspecified atom stereocenters. The highest BCUT2D eigenvalue weighted by atomic mass is 15.1. The first kappa shape index (κ1) is 11.9. The summed E-state index contributed by atoms with van der Waals surface area (Å²) in [5, 5.41) is 3.38. The first-order valence-corrected chi connectivity index (χ1v) is 6.45. The van der Waals surface area contributed by atoms with Crippen molar-refractivity contribution in [3.8, 4) is 0 Å². The molecule has 0 saturated heterocycles. The minimum Gasteiger partial charge on any atom is -0.348 e. The third kappa shape index (κ3) is 2.51.